The van der Waals surface area contributed by atoms with Gasteiger partial charge in [-0.05, 0) is 31.2 Å². The molecule has 0 aliphatic carbocycles. The predicted molar refractivity (Wildman–Crippen MR) is 145 cm³/mol. The number of fused-ring (bicyclic) bond motifs is 3. The standard InChI is InChI=1S/C26H22BrN7O3/c1-15-20(24(36)34(31(15)4)18-8-6-5-7-9-18)33-19(16-10-12-17(27)13-11-16)14-32-21-22(28-25(32)33)29(2)26(37)30(3)23(21)35/h5-14H,1-4H3. The summed E-state index contributed by atoms with van der Waals surface area (Å²) in [6.07, 6.45) is 1.79. The highest BCUT2D eigenvalue weighted by molar-refractivity contribution is 9.10. The van der Waals surface area contributed by atoms with Crippen LogP contribution in [-0.4, -0.2) is 32.4 Å². The van der Waals surface area contributed by atoms with Gasteiger partial charge in [-0.3, -0.25) is 32.4 Å². The maximum absolute atomic E-state index is 14.0. The number of hydrogen-bond acceptors (Lipinski definition) is 4. The maximum Gasteiger partial charge on any atom is 0.332 e. The topological polar surface area (TPSA) is 93.2 Å². The van der Waals surface area contributed by atoms with Gasteiger partial charge in [0.05, 0.1) is 17.1 Å². The smallest absolute Gasteiger partial charge is 0.283 e. The third-order valence-electron chi connectivity index (χ3n) is 6.85. The highest BCUT2D eigenvalue weighted by Crippen LogP contribution is 2.30. The molecule has 2 aromatic carbocycles. The van der Waals surface area contributed by atoms with Crippen molar-refractivity contribution in [3.05, 3.63) is 102 Å². The van der Waals surface area contributed by atoms with Crippen molar-refractivity contribution >= 4 is 32.9 Å². The Kier molecular flexibility index (Phi) is 5.02. The van der Waals surface area contributed by atoms with Crippen molar-refractivity contribution in [2.45, 2.75) is 6.92 Å². The van der Waals surface area contributed by atoms with Crippen molar-refractivity contribution in [2.75, 3.05) is 0 Å². The van der Waals surface area contributed by atoms with E-state index in [0.29, 0.717) is 22.9 Å². The summed E-state index contributed by atoms with van der Waals surface area (Å²) in [4.78, 5) is 44.5. The Morgan fingerprint density at radius 1 is 0.838 bits per heavy atom. The number of aromatic nitrogens is 7. The average molecular weight is 560 g/mol. The van der Waals surface area contributed by atoms with Crippen LogP contribution in [0.15, 0.2) is 79.7 Å². The molecule has 0 spiro atoms. The summed E-state index contributed by atoms with van der Waals surface area (Å²) in [6, 6.07) is 17.1. The monoisotopic (exact) mass is 559 g/mol. The van der Waals surface area contributed by atoms with Gasteiger partial charge in [0.1, 0.15) is 5.69 Å². The van der Waals surface area contributed by atoms with Gasteiger partial charge in [0, 0.05) is 37.4 Å². The van der Waals surface area contributed by atoms with Crippen LogP contribution < -0.4 is 16.8 Å². The molecule has 0 unspecified atom stereocenters. The Hall–Kier alpha value is -4.38. The van der Waals surface area contributed by atoms with Crippen molar-refractivity contribution < 1.29 is 0 Å². The van der Waals surface area contributed by atoms with Crippen LogP contribution in [0.25, 0.3) is 39.6 Å². The molecule has 0 saturated heterocycles. The molecule has 0 fully saturated rings. The Balaban J connectivity index is 1.80. The Labute approximate surface area is 218 Å². The second-order valence-corrected chi connectivity index (χ2v) is 9.84. The lowest BCUT2D eigenvalue weighted by Crippen LogP contribution is -2.37. The minimum absolute atomic E-state index is 0.239. The first-order chi connectivity index (χ1) is 17.7. The van der Waals surface area contributed by atoms with Gasteiger partial charge in [-0.15, -0.1) is 0 Å². The molecule has 0 radical (unpaired) electrons. The van der Waals surface area contributed by atoms with Gasteiger partial charge in [-0.1, -0.05) is 46.3 Å². The summed E-state index contributed by atoms with van der Waals surface area (Å²) in [5.74, 6) is 0.359. The molecule has 0 atom stereocenters. The number of para-hydroxylation sites is 1. The van der Waals surface area contributed by atoms with Crippen molar-refractivity contribution in [1.29, 1.82) is 0 Å². The van der Waals surface area contributed by atoms with Crippen molar-refractivity contribution in [1.82, 2.24) is 32.4 Å². The highest BCUT2D eigenvalue weighted by Gasteiger charge is 2.26. The van der Waals surface area contributed by atoms with E-state index in [1.807, 2.05) is 68.6 Å². The molecule has 6 rings (SSSR count). The van der Waals surface area contributed by atoms with E-state index in [9.17, 15) is 14.4 Å². The lowest BCUT2D eigenvalue weighted by molar-refractivity contribution is 0.630. The fraction of sp³-hybridized carbons (Fsp3) is 0.154. The number of halogens is 1. The van der Waals surface area contributed by atoms with Gasteiger partial charge >= 0.3 is 5.69 Å². The number of rotatable bonds is 3. The van der Waals surface area contributed by atoms with Crippen LogP contribution >= 0.6 is 15.9 Å². The molecule has 37 heavy (non-hydrogen) atoms. The van der Waals surface area contributed by atoms with Crippen molar-refractivity contribution in [3.63, 3.8) is 0 Å². The van der Waals surface area contributed by atoms with Crippen molar-refractivity contribution in [3.8, 4) is 22.6 Å². The van der Waals surface area contributed by atoms with E-state index >= 15 is 0 Å². The summed E-state index contributed by atoms with van der Waals surface area (Å²) in [7, 11) is 4.84. The molecule has 0 amide bonds. The number of benzene rings is 2. The quantitative estimate of drug-likeness (QED) is 0.333. The van der Waals surface area contributed by atoms with Gasteiger partial charge in [0.15, 0.2) is 11.2 Å². The van der Waals surface area contributed by atoms with Gasteiger partial charge in [0.2, 0.25) is 5.78 Å². The van der Waals surface area contributed by atoms with Gasteiger partial charge in [0.25, 0.3) is 11.1 Å². The molecule has 186 valence electrons. The molecule has 6 aromatic rings. The Bertz CT molecular complexity index is 2030. The van der Waals surface area contributed by atoms with Gasteiger partial charge in [-0.25, -0.2) is 9.48 Å². The molecule has 4 heterocycles. The fourth-order valence-corrected chi connectivity index (χ4v) is 5.09. The van der Waals surface area contributed by atoms with E-state index in [-0.39, 0.29) is 16.7 Å². The molecule has 0 N–H and O–H groups in total. The minimum Gasteiger partial charge on any atom is -0.283 e. The van der Waals surface area contributed by atoms with Crippen LogP contribution in [0, 0.1) is 6.92 Å². The average Bonchev–Trinajstić information content (AvgIpc) is 3.51. The molecule has 10 nitrogen and oxygen atoms in total. The SMILES string of the molecule is Cc1c(-n2c(-c3ccc(Br)cc3)cn3c4c(=O)n(C)c(=O)n(C)c4nc23)c(=O)n(-c2ccccc2)n1C. The number of aryl methyl sites for hydroxylation is 1. The number of nitrogens with zero attached hydrogens (tertiary/aromatic N) is 7. The maximum atomic E-state index is 14.0. The van der Waals surface area contributed by atoms with Crippen LogP contribution in [0.1, 0.15) is 5.69 Å². The summed E-state index contributed by atoms with van der Waals surface area (Å²) in [6.45, 7) is 1.87. The third-order valence-corrected chi connectivity index (χ3v) is 7.38. The zero-order valence-corrected chi connectivity index (χ0v) is 22.1. The zero-order chi connectivity index (χ0) is 26.2. The molecular formula is C26H22BrN7O3. The largest absolute Gasteiger partial charge is 0.332 e. The van der Waals surface area contributed by atoms with E-state index in [2.05, 4.69) is 15.9 Å². The molecule has 0 bridgehead atoms. The van der Waals surface area contributed by atoms with Crippen LogP contribution in [0.3, 0.4) is 0 Å². The summed E-state index contributed by atoms with van der Waals surface area (Å²) in [5.41, 5.74) is 2.67. The summed E-state index contributed by atoms with van der Waals surface area (Å²) < 4.78 is 10.1. The van der Waals surface area contributed by atoms with E-state index in [1.54, 1.807) is 31.6 Å². The molecule has 11 heteroatoms. The fourth-order valence-electron chi connectivity index (χ4n) is 4.83. The summed E-state index contributed by atoms with van der Waals surface area (Å²) in [5, 5.41) is 0. The van der Waals surface area contributed by atoms with E-state index in [0.717, 1.165) is 20.3 Å². The summed E-state index contributed by atoms with van der Waals surface area (Å²) >= 11 is 3.48. The van der Waals surface area contributed by atoms with E-state index in [1.165, 1.54) is 11.6 Å². The van der Waals surface area contributed by atoms with E-state index in [4.69, 9.17) is 4.98 Å². The number of hydrogen-bond donors (Lipinski definition) is 0. The second-order valence-electron chi connectivity index (χ2n) is 8.93. The number of imidazole rings is 2. The van der Waals surface area contributed by atoms with Crippen LogP contribution in [0.4, 0.5) is 0 Å². The Morgan fingerprint density at radius 2 is 1.51 bits per heavy atom. The Morgan fingerprint density at radius 3 is 2.19 bits per heavy atom. The first kappa shape index (κ1) is 23.0. The lowest BCUT2D eigenvalue weighted by Gasteiger charge is -2.08. The first-order valence-corrected chi connectivity index (χ1v) is 12.3. The van der Waals surface area contributed by atoms with Crippen LogP contribution in [0.2, 0.25) is 0 Å². The molecule has 4 aromatic heterocycles. The zero-order valence-electron chi connectivity index (χ0n) is 20.5. The van der Waals surface area contributed by atoms with Crippen LogP contribution in [-0.2, 0) is 21.1 Å². The molecule has 0 aliphatic heterocycles. The third kappa shape index (κ3) is 3.17. The van der Waals surface area contributed by atoms with Crippen molar-refractivity contribution in [2.24, 2.45) is 21.1 Å². The molecule has 0 saturated carbocycles. The predicted octanol–water partition coefficient (Wildman–Crippen LogP) is 2.90. The normalized spacial score (nSPS) is 11.7. The minimum atomic E-state index is -0.472. The first-order valence-electron chi connectivity index (χ1n) is 11.5. The van der Waals surface area contributed by atoms with Crippen LogP contribution in [0.5, 0.6) is 0 Å². The van der Waals surface area contributed by atoms with Gasteiger partial charge in [-0.2, -0.15) is 4.98 Å². The lowest BCUT2D eigenvalue weighted by atomic mass is 10.1. The second kappa shape index (κ2) is 8.07. The molecule has 0 aliphatic rings. The highest BCUT2D eigenvalue weighted by atomic mass is 79.9. The van der Waals surface area contributed by atoms with E-state index < -0.39 is 11.2 Å². The molecular weight excluding hydrogens is 538 g/mol. The van der Waals surface area contributed by atoms with Gasteiger partial charge < -0.3 is 0 Å².